The quantitative estimate of drug-likeness (QED) is 0.500. The number of halogens is 3. The fourth-order valence-electron chi connectivity index (χ4n) is 3.44. The lowest BCUT2D eigenvalue weighted by molar-refractivity contribution is -0.137. The van der Waals surface area contributed by atoms with Gasteiger partial charge >= 0.3 is 6.18 Å². The minimum Gasteiger partial charge on any atom is -0.399 e. The van der Waals surface area contributed by atoms with Gasteiger partial charge in [0.2, 0.25) is 5.91 Å². The molecule has 1 aliphatic rings. The molecule has 0 unspecified atom stereocenters. The summed E-state index contributed by atoms with van der Waals surface area (Å²) in [5.74, 6) is 0.562. The zero-order chi connectivity index (χ0) is 21.6. The Kier molecular flexibility index (Phi) is 4.60. The molecule has 1 amide bonds. The molecule has 2 aromatic heterocycles. The third kappa shape index (κ3) is 3.53. The van der Waals surface area contributed by atoms with Gasteiger partial charge < -0.3 is 16.0 Å². The molecule has 0 aliphatic carbocycles. The van der Waals surface area contributed by atoms with E-state index in [0.717, 1.165) is 23.4 Å². The van der Waals surface area contributed by atoms with E-state index >= 15 is 0 Å². The van der Waals surface area contributed by atoms with Gasteiger partial charge in [-0.3, -0.25) is 9.20 Å². The summed E-state index contributed by atoms with van der Waals surface area (Å²) in [6.07, 6.45) is -2.99. The second-order valence-corrected chi connectivity index (χ2v) is 7.14. The van der Waals surface area contributed by atoms with E-state index in [2.05, 4.69) is 27.1 Å². The Labute approximate surface area is 169 Å². The minimum atomic E-state index is -4.49. The highest BCUT2D eigenvalue weighted by atomic mass is 19.4. The van der Waals surface area contributed by atoms with E-state index in [4.69, 9.17) is 5.73 Å². The lowest BCUT2D eigenvalue weighted by Gasteiger charge is -2.15. The summed E-state index contributed by atoms with van der Waals surface area (Å²) < 4.78 is 40.9. The van der Waals surface area contributed by atoms with Crippen LogP contribution in [0.1, 0.15) is 29.3 Å². The number of anilines is 2. The summed E-state index contributed by atoms with van der Waals surface area (Å²) in [6, 6.07) is 3.40. The lowest BCUT2D eigenvalue weighted by atomic mass is 10.1. The van der Waals surface area contributed by atoms with E-state index in [1.807, 2.05) is 0 Å². The Bertz CT molecular complexity index is 1170. The van der Waals surface area contributed by atoms with Gasteiger partial charge in [0.25, 0.3) is 5.78 Å². The van der Waals surface area contributed by atoms with Crippen LogP contribution in [-0.2, 0) is 30.6 Å². The number of hydrogen-bond donors (Lipinski definition) is 2. The highest BCUT2D eigenvalue weighted by molar-refractivity contribution is 5.92. The van der Waals surface area contributed by atoms with Crippen molar-refractivity contribution in [1.29, 1.82) is 0 Å². The molecule has 0 fully saturated rings. The molecule has 1 aliphatic heterocycles. The van der Waals surface area contributed by atoms with Crippen molar-refractivity contribution in [2.75, 3.05) is 11.1 Å². The summed E-state index contributed by atoms with van der Waals surface area (Å²) in [6.45, 7) is 6.00. The number of nitrogen functional groups attached to an aromatic ring is 1. The molecule has 156 valence electrons. The smallest absolute Gasteiger partial charge is 0.399 e. The number of nitrogens with two attached hydrogens (primary N) is 1. The molecular formula is C19H18F3N7O. The molecular weight excluding hydrogens is 399 g/mol. The number of carbonyl (C=O) groups excluding carboxylic acids is 1. The average Bonchev–Trinajstić information content (AvgIpc) is 3.30. The van der Waals surface area contributed by atoms with Crippen LogP contribution >= 0.6 is 0 Å². The van der Waals surface area contributed by atoms with Crippen molar-refractivity contribution in [2.24, 2.45) is 0 Å². The van der Waals surface area contributed by atoms with Crippen LogP contribution in [0, 0.1) is 0 Å². The molecule has 0 saturated heterocycles. The maximum absolute atomic E-state index is 13.1. The largest absolute Gasteiger partial charge is 0.416 e. The van der Waals surface area contributed by atoms with Crippen LogP contribution in [0.4, 0.5) is 24.7 Å². The number of benzene rings is 1. The van der Waals surface area contributed by atoms with Crippen molar-refractivity contribution in [3.05, 3.63) is 59.1 Å². The zero-order valence-corrected chi connectivity index (χ0v) is 16.0. The van der Waals surface area contributed by atoms with Crippen molar-refractivity contribution < 1.29 is 18.0 Å². The molecule has 4 rings (SSSR count). The molecule has 11 heteroatoms. The highest BCUT2D eigenvalue weighted by Gasteiger charge is 2.32. The second-order valence-electron chi connectivity index (χ2n) is 7.14. The topological polar surface area (TPSA) is 101 Å². The van der Waals surface area contributed by atoms with Crippen LogP contribution in [-0.4, -0.2) is 30.4 Å². The lowest BCUT2D eigenvalue weighted by Crippen LogP contribution is -2.25. The molecule has 3 heterocycles. The number of nitrogens with one attached hydrogen (secondary N) is 1. The van der Waals surface area contributed by atoms with E-state index in [9.17, 15) is 18.0 Å². The highest BCUT2D eigenvalue weighted by Crippen LogP contribution is 2.32. The maximum atomic E-state index is 13.1. The Morgan fingerprint density at radius 2 is 2.07 bits per heavy atom. The Balaban J connectivity index is 1.66. The van der Waals surface area contributed by atoms with E-state index in [1.165, 1.54) is 12.4 Å². The monoisotopic (exact) mass is 417 g/mol. The maximum Gasteiger partial charge on any atom is 0.416 e. The molecule has 1 aromatic carbocycles. The summed E-state index contributed by atoms with van der Waals surface area (Å²) in [5, 5.41) is 10.9. The van der Waals surface area contributed by atoms with Crippen LogP contribution in [0.3, 0.4) is 0 Å². The van der Waals surface area contributed by atoms with E-state index in [0.29, 0.717) is 29.3 Å². The first-order chi connectivity index (χ1) is 14.1. The van der Waals surface area contributed by atoms with Crippen molar-refractivity contribution >= 4 is 23.2 Å². The van der Waals surface area contributed by atoms with Crippen LogP contribution in [0.15, 0.2) is 36.7 Å². The van der Waals surface area contributed by atoms with Gasteiger partial charge in [-0.15, -0.1) is 10.2 Å². The average molecular weight is 417 g/mol. The van der Waals surface area contributed by atoms with Gasteiger partial charge in [0.1, 0.15) is 12.1 Å². The van der Waals surface area contributed by atoms with E-state index < -0.39 is 11.7 Å². The zero-order valence-electron chi connectivity index (χ0n) is 16.0. The van der Waals surface area contributed by atoms with Gasteiger partial charge in [-0.25, -0.2) is 0 Å². The van der Waals surface area contributed by atoms with Crippen molar-refractivity contribution in [2.45, 2.75) is 32.7 Å². The molecule has 30 heavy (non-hydrogen) atoms. The molecule has 0 spiro atoms. The Morgan fingerprint density at radius 3 is 2.77 bits per heavy atom. The number of rotatable bonds is 4. The molecule has 0 saturated carbocycles. The first-order valence-corrected chi connectivity index (χ1v) is 9.00. The van der Waals surface area contributed by atoms with Gasteiger partial charge in [0, 0.05) is 23.4 Å². The normalized spacial score (nSPS) is 13.5. The standard InChI is InChI=1S/C19H18F3N7O/c1-10(2)17(30)28-7-14-15(8-28)29-9-25-27-18(29)26-16(14)24-6-11-3-12(19(20,21)22)5-13(23)4-11/h3-5,9H,1,6-8,23H2,2H3,(H,24,26,27). The van der Waals surface area contributed by atoms with Crippen molar-refractivity contribution in [1.82, 2.24) is 24.5 Å². The van der Waals surface area contributed by atoms with Gasteiger partial charge in [0.15, 0.2) is 0 Å². The molecule has 3 aromatic rings. The fourth-order valence-corrected chi connectivity index (χ4v) is 3.44. The van der Waals surface area contributed by atoms with Crippen molar-refractivity contribution in [3.63, 3.8) is 0 Å². The summed E-state index contributed by atoms with van der Waals surface area (Å²) >= 11 is 0. The van der Waals surface area contributed by atoms with Crippen molar-refractivity contribution in [3.8, 4) is 0 Å². The van der Waals surface area contributed by atoms with Crippen LogP contribution < -0.4 is 11.1 Å². The Morgan fingerprint density at radius 1 is 1.30 bits per heavy atom. The number of amides is 1. The first-order valence-electron chi connectivity index (χ1n) is 9.00. The van der Waals surface area contributed by atoms with Crippen LogP contribution in [0.5, 0.6) is 0 Å². The Hall–Kier alpha value is -3.63. The number of hydrogen-bond acceptors (Lipinski definition) is 6. The molecule has 0 radical (unpaired) electrons. The third-order valence-corrected chi connectivity index (χ3v) is 4.81. The molecule has 8 nitrogen and oxygen atoms in total. The number of alkyl halides is 3. The van der Waals surface area contributed by atoms with Gasteiger partial charge in [-0.2, -0.15) is 18.2 Å². The fraction of sp³-hybridized carbons (Fsp3) is 0.263. The summed E-state index contributed by atoms with van der Waals surface area (Å²) in [4.78, 5) is 18.4. The molecule has 0 atom stereocenters. The van der Waals surface area contributed by atoms with Gasteiger partial charge in [-0.1, -0.05) is 6.58 Å². The third-order valence-electron chi connectivity index (χ3n) is 4.81. The number of carbonyl (C=O) groups is 1. The van der Waals surface area contributed by atoms with E-state index in [1.54, 1.807) is 16.2 Å². The van der Waals surface area contributed by atoms with Gasteiger partial charge in [-0.05, 0) is 30.7 Å². The second kappa shape index (κ2) is 7.01. The van der Waals surface area contributed by atoms with E-state index in [-0.39, 0.29) is 24.7 Å². The molecule has 3 N–H and O–H groups in total. The molecule has 0 bridgehead atoms. The summed E-state index contributed by atoms with van der Waals surface area (Å²) in [7, 11) is 0. The predicted molar refractivity (Wildman–Crippen MR) is 103 cm³/mol. The number of aromatic nitrogens is 4. The summed E-state index contributed by atoms with van der Waals surface area (Å²) in [5.41, 5.74) is 7.13. The number of nitrogens with zero attached hydrogens (tertiary/aromatic N) is 5. The predicted octanol–water partition coefficient (Wildman–Crippen LogP) is 2.76. The van der Waals surface area contributed by atoms with Gasteiger partial charge in [0.05, 0.1) is 24.3 Å². The van der Waals surface area contributed by atoms with Crippen LogP contribution in [0.2, 0.25) is 0 Å². The number of fused-ring (bicyclic) bond motifs is 3. The SMILES string of the molecule is C=C(C)C(=O)N1Cc2c(NCc3cc(N)cc(C(F)(F)F)c3)nc3nncn3c2C1. The first kappa shape index (κ1) is 19.7. The van der Waals surface area contributed by atoms with Crippen LogP contribution in [0.25, 0.3) is 5.78 Å². The minimum absolute atomic E-state index is 0.0194.